The van der Waals surface area contributed by atoms with Crippen molar-refractivity contribution in [1.82, 2.24) is 4.57 Å². The Balaban J connectivity index is 2.04. The van der Waals surface area contributed by atoms with Gasteiger partial charge in [-0.2, -0.15) is 0 Å². The Kier molecular flexibility index (Phi) is 3.43. The summed E-state index contributed by atoms with van der Waals surface area (Å²) in [6, 6.07) is 11.2. The molecule has 21 heavy (non-hydrogen) atoms. The van der Waals surface area contributed by atoms with Crippen molar-refractivity contribution < 1.29 is 8.78 Å². The second-order valence-electron chi connectivity index (χ2n) is 4.82. The summed E-state index contributed by atoms with van der Waals surface area (Å²) in [5.41, 5.74) is 7.73. The minimum Gasteiger partial charge on any atom is -0.389 e. The zero-order valence-corrected chi connectivity index (χ0v) is 11.8. The van der Waals surface area contributed by atoms with Crippen LogP contribution in [0.4, 0.5) is 8.78 Å². The van der Waals surface area contributed by atoms with E-state index in [4.69, 9.17) is 18.0 Å². The maximum absolute atomic E-state index is 13.8. The van der Waals surface area contributed by atoms with Crippen molar-refractivity contribution in [2.45, 2.75) is 6.54 Å². The fourth-order valence-corrected chi connectivity index (χ4v) is 2.44. The number of nitrogens with two attached hydrogens (primary N) is 1. The number of rotatable bonds is 3. The molecule has 3 rings (SSSR count). The van der Waals surface area contributed by atoms with Crippen LogP contribution >= 0.6 is 12.2 Å². The van der Waals surface area contributed by atoms with Crippen molar-refractivity contribution in [3.63, 3.8) is 0 Å². The second-order valence-corrected chi connectivity index (χ2v) is 5.26. The molecule has 2 N–H and O–H groups in total. The van der Waals surface area contributed by atoms with Crippen LogP contribution in [-0.4, -0.2) is 9.56 Å². The zero-order chi connectivity index (χ0) is 15.0. The predicted molar refractivity (Wildman–Crippen MR) is 83.3 cm³/mol. The number of nitrogens with zero attached hydrogens (tertiary/aromatic N) is 1. The standard InChI is InChI=1S/C16H12F2N2S/c17-13-4-3-12(14(18)8-13)9-20-6-5-10-1-2-11(16(19)21)7-15(10)20/h1-8H,9H2,(H2,19,21). The molecule has 0 saturated carbocycles. The Labute approximate surface area is 125 Å². The number of fused-ring (bicyclic) bond motifs is 1. The third-order valence-corrected chi connectivity index (χ3v) is 3.65. The van der Waals surface area contributed by atoms with Crippen molar-refractivity contribution in [2.24, 2.45) is 5.73 Å². The van der Waals surface area contributed by atoms with Crippen LogP contribution in [-0.2, 0) is 6.54 Å². The van der Waals surface area contributed by atoms with E-state index in [-0.39, 0.29) is 0 Å². The quantitative estimate of drug-likeness (QED) is 0.749. The average molecular weight is 302 g/mol. The largest absolute Gasteiger partial charge is 0.389 e. The van der Waals surface area contributed by atoms with E-state index >= 15 is 0 Å². The van der Waals surface area contributed by atoms with Gasteiger partial charge in [0.15, 0.2) is 0 Å². The monoisotopic (exact) mass is 302 g/mol. The van der Waals surface area contributed by atoms with E-state index in [0.29, 0.717) is 17.1 Å². The summed E-state index contributed by atoms with van der Waals surface area (Å²) < 4.78 is 28.6. The van der Waals surface area contributed by atoms with E-state index in [1.54, 1.807) is 0 Å². The number of halogens is 2. The lowest BCUT2D eigenvalue weighted by Crippen LogP contribution is -2.09. The summed E-state index contributed by atoms with van der Waals surface area (Å²) >= 11 is 4.97. The highest BCUT2D eigenvalue weighted by molar-refractivity contribution is 7.80. The molecule has 0 aliphatic carbocycles. The fraction of sp³-hybridized carbons (Fsp3) is 0.0625. The number of thiocarbonyl (C=S) groups is 1. The summed E-state index contributed by atoms with van der Waals surface area (Å²) in [6.07, 6.45) is 1.86. The first-order chi connectivity index (χ1) is 10.0. The van der Waals surface area contributed by atoms with Crippen LogP contribution in [0.25, 0.3) is 10.9 Å². The predicted octanol–water partition coefficient (Wildman–Crippen LogP) is 3.60. The molecule has 0 atom stereocenters. The van der Waals surface area contributed by atoms with E-state index in [2.05, 4.69) is 0 Å². The summed E-state index contributed by atoms with van der Waals surface area (Å²) in [4.78, 5) is 0.317. The summed E-state index contributed by atoms with van der Waals surface area (Å²) in [7, 11) is 0. The van der Waals surface area contributed by atoms with Gasteiger partial charge in [-0.3, -0.25) is 0 Å². The van der Waals surface area contributed by atoms with Gasteiger partial charge in [0.25, 0.3) is 0 Å². The molecule has 0 aliphatic heterocycles. The molecule has 2 nitrogen and oxygen atoms in total. The number of benzene rings is 2. The van der Waals surface area contributed by atoms with Gasteiger partial charge < -0.3 is 10.3 Å². The highest BCUT2D eigenvalue weighted by Gasteiger charge is 2.08. The maximum Gasteiger partial charge on any atom is 0.131 e. The molecular weight excluding hydrogens is 290 g/mol. The number of hydrogen-bond donors (Lipinski definition) is 1. The Morgan fingerprint density at radius 2 is 1.90 bits per heavy atom. The van der Waals surface area contributed by atoms with Crippen LogP contribution in [0, 0.1) is 11.6 Å². The Morgan fingerprint density at radius 1 is 1.10 bits per heavy atom. The molecule has 2 aromatic carbocycles. The summed E-state index contributed by atoms with van der Waals surface area (Å²) in [5, 5.41) is 1.01. The highest BCUT2D eigenvalue weighted by atomic mass is 32.1. The van der Waals surface area contributed by atoms with Crippen molar-refractivity contribution in [3.8, 4) is 0 Å². The number of hydrogen-bond acceptors (Lipinski definition) is 1. The summed E-state index contributed by atoms with van der Waals surface area (Å²) in [5.74, 6) is -1.13. The average Bonchev–Trinajstić information content (AvgIpc) is 2.84. The first-order valence-corrected chi connectivity index (χ1v) is 6.78. The molecule has 106 valence electrons. The molecular formula is C16H12F2N2S. The third-order valence-electron chi connectivity index (χ3n) is 3.41. The van der Waals surface area contributed by atoms with Gasteiger partial charge in [-0.1, -0.05) is 30.4 Å². The van der Waals surface area contributed by atoms with E-state index in [1.165, 1.54) is 12.1 Å². The molecule has 3 aromatic rings. The van der Waals surface area contributed by atoms with Crippen molar-refractivity contribution >= 4 is 28.1 Å². The molecule has 0 radical (unpaired) electrons. The van der Waals surface area contributed by atoms with E-state index in [0.717, 1.165) is 22.5 Å². The SMILES string of the molecule is NC(=S)c1ccc2ccn(Cc3ccc(F)cc3F)c2c1. The maximum atomic E-state index is 13.8. The lowest BCUT2D eigenvalue weighted by Gasteiger charge is -2.08. The van der Waals surface area contributed by atoms with Crippen molar-refractivity contribution in [1.29, 1.82) is 0 Å². The Bertz CT molecular complexity index is 839. The first kappa shape index (κ1) is 13.7. The topological polar surface area (TPSA) is 30.9 Å². The lowest BCUT2D eigenvalue weighted by atomic mass is 10.1. The highest BCUT2D eigenvalue weighted by Crippen LogP contribution is 2.20. The van der Waals surface area contributed by atoms with E-state index < -0.39 is 11.6 Å². The zero-order valence-electron chi connectivity index (χ0n) is 11.0. The normalized spacial score (nSPS) is 11.0. The molecule has 5 heteroatoms. The third kappa shape index (κ3) is 2.64. The molecule has 1 aromatic heterocycles. The van der Waals surface area contributed by atoms with Crippen LogP contribution in [0.1, 0.15) is 11.1 Å². The Morgan fingerprint density at radius 3 is 2.62 bits per heavy atom. The van der Waals surface area contributed by atoms with Crippen LogP contribution in [0.2, 0.25) is 0 Å². The first-order valence-electron chi connectivity index (χ1n) is 6.37. The molecule has 1 heterocycles. The van der Waals surface area contributed by atoms with Gasteiger partial charge in [-0.15, -0.1) is 0 Å². The molecule has 0 amide bonds. The minimum absolute atomic E-state index is 0.316. The van der Waals surface area contributed by atoms with Gasteiger partial charge in [-0.05, 0) is 23.6 Å². The number of aromatic nitrogens is 1. The van der Waals surface area contributed by atoms with E-state index in [1.807, 2.05) is 35.0 Å². The second kappa shape index (κ2) is 5.26. The Hall–Kier alpha value is -2.27. The van der Waals surface area contributed by atoms with Crippen LogP contribution < -0.4 is 5.73 Å². The van der Waals surface area contributed by atoms with Crippen molar-refractivity contribution in [3.05, 3.63) is 71.4 Å². The molecule has 0 aliphatic rings. The molecule has 0 saturated heterocycles. The molecule has 0 spiro atoms. The van der Waals surface area contributed by atoms with Gasteiger partial charge >= 0.3 is 0 Å². The minimum atomic E-state index is -0.579. The van der Waals surface area contributed by atoms with Crippen LogP contribution in [0.15, 0.2) is 48.7 Å². The van der Waals surface area contributed by atoms with Gasteiger partial charge in [-0.25, -0.2) is 8.78 Å². The van der Waals surface area contributed by atoms with Gasteiger partial charge in [0.2, 0.25) is 0 Å². The smallest absolute Gasteiger partial charge is 0.131 e. The van der Waals surface area contributed by atoms with Gasteiger partial charge in [0.05, 0.1) is 6.54 Å². The van der Waals surface area contributed by atoms with Crippen molar-refractivity contribution in [2.75, 3.05) is 0 Å². The molecule has 0 unspecified atom stereocenters. The van der Waals surface area contributed by atoms with Gasteiger partial charge in [0.1, 0.15) is 16.6 Å². The van der Waals surface area contributed by atoms with E-state index in [9.17, 15) is 8.78 Å². The summed E-state index contributed by atoms with van der Waals surface area (Å²) in [6.45, 7) is 0.316. The fourth-order valence-electron chi connectivity index (χ4n) is 2.31. The lowest BCUT2D eigenvalue weighted by molar-refractivity contribution is 0.567. The van der Waals surface area contributed by atoms with Gasteiger partial charge in [0, 0.05) is 28.9 Å². The van der Waals surface area contributed by atoms with Crippen LogP contribution in [0.5, 0.6) is 0 Å². The van der Waals surface area contributed by atoms with Crippen LogP contribution in [0.3, 0.4) is 0 Å². The molecule has 0 fully saturated rings. The molecule has 0 bridgehead atoms.